The SMILES string of the molecule is CCN1C(=S)NC(c2ccc(OC)c(OC)c2)C(c2nc(-c3ccc4c(c3)OCO4)no2)=C1C. The Morgan fingerprint density at radius 1 is 1.09 bits per heavy atom. The van der Waals surface area contributed by atoms with Crippen LogP contribution in [0.25, 0.3) is 17.0 Å². The third-order valence-corrected chi connectivity index (χ3v) is 6.28. The zero-order valence-corrected chi connectivity index (χ0v) is 20.1. The van der Waals surface area contributed by atoms with Gasteiger partial charge in [-0.25, -0.2) is 0 Å². The molecule has 1 N–H and O–H groups in total. The normalized spacial score (nSPS) is 17.1. The fourth-order valence-corrected chi connectivity index (χ4v) is 4.59. The smallest absolute Gasteiger partial charge is 0.258 e. The van der Waals surface area contributed by atoms with Crippen molar-refractivity contribution >= 4 is 22.9 Å². The lowest BCUT2D eigenvalue weighted by Gasteiger charge is -2.36. The number of benzene rings is 2. The first-order valence-electron chi connectivity index (χ1n) is 10.8. The lowest BCUT2D eigenvalue weighted by atomic mass is 9.94. The highest BCUT2D eigenvalue weighted by Gasteiger charge is 2.34. The highest BCUT2D eigenvalue weighted by Crippen LogP contribution is 2.41. The fourth-order valence-electron chi connectivity index (χ4n) is 4.21. The van der Waals surface area contributed by atoms with Crippen LogP contribution in [-0.4, -0.2) is 47.7 Å². The van der Waals surface area contributed by atoms with Gasteiger partial charge in [-0.15, -0.1) is 0 Å². The highest BCUT2D eigenvalue weighted by molar-refractivity contribution is 7.80. The van der Waals surface area contributed by atoms with Gasteiger partial charge >= 0.3 is 0 Å². The first-order valence-corrected chi connectivity index (χ1v) is 11.2. The number of hydrogen-bond donors (Lipinski definition) is 1. The van der Waals surface area contributed by atoms with Crippen molar-refractivity contribution < 1.29 is 23.5 Å². The van der Waals surface area contributed by atoms with E-state index in [1.807, 2.05) is 55.1 Å². The zero-order valence-electron chi connectivity index (χ0n) is 19.2. The van der Waals surface area contributed by atoms with Gasteiger partial charge in [-0.1, -0.05) is 11.2 Å². The third kappa shape index (κ3) is 3.69. The molecule has 10 heteroatoms. The monoisotopic (exact) mass is 480 g/mol. The Hall–Kier alpha value is -3.79. The van der Waals surface area contributed by atoms with Crippen molar-refractivity contribution in [3.8, 4) is 34.4 Å². The van der Waals surface area contributed by atoms with Gasteiger partial charge in [0.2, 0.25) is 12.6 Å². The van der Waals surface area contributed by atoms with Crippen molar-refractivity contribution in [2.75, 3.05) is 27.6 Å². The minimum atomic E-state index is -0.319. The molecule has 0 radical (unpaired) electrons. The Bertz CT molecular complexity index is 1290. The van der Waals surface area contributed by atoms with Crippen LogP contribution in [0.4, 0.5) is 0 Å². The molecule has 0 saturated carbocycles. The number of aromatic nitrogens is 2. The summed E-state index contributed by atoms with van der Waals surface area (Å²) in [4.78, 5) is 6.73. The third-order valence-electron chi connectivity index (χ3n) is 5.94. The number of rotatable bonds is 6. The fraction of sp³-hybridized carbons (Fsp3) is 0.292. The number of ether oxygens (including phenoxy) is 4. The molecular formula is C24H24N4O5S. The van der Waals surface area contributed by atoms with Crippen LogP contribution in [0, 0.1) is 0 Å². The summed E-state index contributed by atoms with van der Waals surface area (Å²) in [6.45, 7) is 4.94. The van der Waals surface area contributed by atoms with Crippen molar-refractivity contribution in [1.82, 2.24) is 20.4 Å². The van der Waals surface area contributed by atoms with Crippen molar-refractivity contribution in [2.45, 2.75) is 19.9 Å². The predicted octanol–water partition coefficient (Wildman–Crippen LogP) is 4.16. The number of nitrogens with one attached hydrogen (secondary N) is 1. The molecule has 5 rings (SSSR count). The number of thiocarbonyl (C=S) groups is 1. The Labute approximate surface area is 202 Å². The minimum Gasteiger partial charge on any atom is -0.493 e. The topological polar surface area (TPSA) is 91.1 Å². The molecule has 0 bridgehead atoms. The zero-order chi connectivity index (χ0) is 23.8. The summed E-state index contributed by atoms with van der Waals surface area (Å²) in [6, 6.07) is 11.0. The molecule has 0 spiro atoms. The highest BCUT2D eigenvalue weighted by atomic mass is 32.1. The molecule has 1 unspecified atom stereocenters. The lowest BCUT2D eigenvalue weighted by Crippen LogP contribution is -2.45. The van der Waals surface area contributed by atoms with E-state index in [1.165, 1.54) is 0 Å². The summed E-state index contributed by atoms with van der Waals surface area (Å²) < 4.78 is 27.6. The molecular weight excluding hydrogens is 456 g/mol. The van der Waals surface area contributed by atoms with E-state index in [4.69, 9.17) is 40.7 Å². The van der Waals surface area contributed by atoms with Gasteiger partial charge in [0.05, 0.1) is 25.8 Å². The molecule has 2 aromatic carbocycles. The van der Waals surface area contributed by atoms with Crippen LogP contribution in [-0.2, 0) is 0 Å². The standard InChI is InChI=1S/C24H24N4O5S/c1-5-28-13(2)20(21(25-24(28)34)14-6-8-16(29-3)18(10-14)30-4)23-26-22(27-33-23)15-7-9-17-19(11-15)32-12-31-17/h6-11,21H,5,12H2,1-4H3,(H,25,34). The Kier molecular flexibility index (Phi) is 5.74. The number of nitrogens with zero attached hydrogens (tertiary/aromatic N) is 3. The van der Waals surface area contributed by atoms with Gasteiger partial charge in [-0.05, 0) is 62.0 Å². The van der Waals surface area contributed by atoms with E-state index in [9.17, 15) is 0 Å². The van der Waals surface area contributed by atoms with E-state index in [0.29, 0.717) is 46.4 Å². The van der Waals surface area contributed by atoms with Crippen LogP contribution >= 0.6 is 12.2 Å². The average Bonchev–Trinajstić information content (AvgIpc) is 3.52. The first-order chi connectivity index (χ1) is 16.5. The molecule has 1 atom stereocenters. The summed E-state index contributed by atoms with van der Waals surface area (Å²) in [6.07, 6.45) is 0. The maximum Gasteiger partial charge on any atom is 0.258 e. The minimum absolute atomic E-state index is 0.202. The molecule has 0 saturated heterocycles. The maximum absolute atomic E-state index is 5.77. The molecule has 2 aliphatic rings. The molecule has 3 aromatic rings. The van der Waals surface area contributed by atoms with E-state index in [0.717, 1.165) is 22.4 Å². The van der Waals surface area contributed by atoms with Gasteiger partial charge < -0.3 is 33.7 Å². The van der Waals surface area contributed by atoms with Crippen molar-refractivity contribution in [3.63, 3.8) is 0 Å². The van der Waals surface area contributed by atoms with Crippen LogP contribution in [0.2, 0.25) is 0 Å². The maximum atomic E-state index is 5.77. The molecule has 2 aliphatic heterocycles. The Morgan fingerprint density at radius 2 is 1.88 bits per heavy atom. The predicted molar refractivity (Wildman–Crippen MR) is 129 cm³/mol. The summed E-state index contributed by atoms with van der Waals surface area (Å²) in [5, 5.41) is 8.29. The summed E-state index contributed by atoms with van der Waals surface area (Å²) in [5.41, 5.74) is 3.47. The van der Waals surface area contributed by atoms with Gasteiger partial charge in [0.25, 0.3) is 5.89 Å². The largest absolute Gasteiger partial charge is 0.493 e. The van der Waals surface area contributed by atoms with Crippen molar-refractivity contribution in [3.05, 3.63) is 53.5 Å². The lowest BCUT2D eigenvalue weighted by molar-refractivity contribution is 0.174. The van der Waals surface area contributed by atoms with E-state index in [1.54, 1.807) is 14.2 Å². The molecule has 0 amide bonds. The van der Waals surface area contributed by atoms with E-state index in [-0.39, 0.29) is 12.8 Å². The van der Waals surface area contributed by atoms with Gasteiger partial charge in [-0.3, -0.25) is 0 Å². The van der Waals surface area contributed by atoms with Gasteiger partial charge in [-0.2, -0.15) is 4.98 Å². The number of methoxy groups -OCH3 is 2. The van der Waals surface area contributed by atoms with Crippen LogP contribution in [0.1, 0.15) is 31.3 Å². The van der Waals surface area contributed by atoms with Crippen molar-refractivity contribution in [2.24, 2.45) is 0 Å². The average molecular weight is 481 g/mol. The van der Waals surface area contributed by atoms with E-state index in [2.05, 4.69) is 10.5 Å². The second-order valence-electron chi connectivity index (χ2n) is 7.73. The number of allylic oxidation sites excluding steroid dienone is 1. The number of hydrogen-bond acceptors (Lipinski definition) is 8. The molecule has 3 heterocycles. The Morgan fingerprint density at radius 3 is 2.65 bits per heavy atom. The summed E-state index contributed by atoms with van der Waals surface area (Å²) in [5.74, 6) is 3.47. The summed E-state index contributed by atoms with van der Waals surface area (Å²) in [7, 11) is 3.22. The molecule has 34 heavy (non-hydrogen) atoms. The molecule has 0 aliphatic carbocycles. The Balaban J connectivity index is 1.58. The molecule has 1 aromatic heterocycles. The van der Waals surface area contributed by atoms with Gasteiger partial charge in [0.1, 0.15) is 0 Å². The quantitative estimate of drug-likeness (QED) is 0.519. The molecule has 9 nitrogen and oxygen atoms in total. The van der Waals surface area contributed by atoms with Crippen LogP contribution in [0.15, 0.2) is 46.6 Å². The molecule has 176 valence electrons. The van der Waals surface area contributed by atoms with Crippen LogP contribution in [0.3, 0.4) is 0 Å². The second kappa shape index (κ2) is 8.86. The van der Waals surface area contributed by atoms with Crippen LogP contribution < -0.4 is 24.3 Å². The number of fused-ring (bicyclic) bond motifs is 1. The van der Waals surface area contributed by atoms with Gasteiger partial charge in [0.15, 0.2) is 28.1 Å². The van der Waals surface area contributed by atoms with Crippen LogP contribution in [0.5, 0.6) is 23.0 Å². The summed E-state index contributed by atoms with van der Waals surface area (Å²) >= 11 is 5.65. The van der Waals surface area contributed by atoms with Gasteiger partial charge in [0, 0.05) is 17.8 Å². The second-order valence-corrected chi connectivity index (χ2v) is 8.12. The molecule has 0 fully saturated rings. The van der Waals surface area contributed by atoms with Crippen molar-refractivity contribution in [1.29, 1.82) is 0 Å². The van der Waals surface area contributed by atoms with E-state index >= 15 is 0 Å². The van der Waals surface area contributed by atoms with E-state index < -0.39 is 0 Å². The first kappa shape index (κ1) is 22.0.